The number of hydrogen-bond acceptors (Lipinski definition) is 5. The summed E-state index contributed by atoms with van der Waals surface area (Å²) in [5, 5.41) is 0. The number of ether oxygens (including phenoxy) is 2. The molecular weight excluding hydrogens is 256 g/mol. The van der Waals surface area contributed by atoms with Crippen molar-refractivity contribution in [1.82, 2.24) is 4.98 Å². The minimum atomic E-state index is -0.415. The molecular formula is C15H16N2O3. The number of aryl methyl sites for hydroxylation is 1. The maximum atomic E-state index is 11.5. The molecule has 0 bridgehead atoms. The van der Waals surface area contributed by atoms with Crippen LogP contribution in [0.3, 0.4) is 0 Å². The molecule has 2 N–H and O–H groups in total. The topological polar surface area (TPSA) is 74.4 Å². The molecule has 0 aliphatic rings. The van der Waals surface area contributed by atoms with Crippen LogP contribution < -0.4 is 10.5 Å². The molecule has 0 radical (unpaired) electrons. The van der Waals surface area contributed by atoms with Gasteiger partial charge in [0.2, 0.25) is 5.88 Å². The third kappa shape index (κ3) is 2.71. The lowest BCUT2D eigenvalue weighted by molar-refractivity contribution is 0.0599. The van der Waals surface area contributed by atoms with E-state index in [1.54, 1.807) is 25.1 Å². The van der Waals surface area contributed by atoms with Crippen molar-refractivity contribution in [3.05, 3.63) is 47.2 Å². The highest BCUT2D eigenvalue weighted by molar-refractivity contribution is 5.90. The number of pyridine rings is 1. The van der Waals surface area contributed by atoms with E-state index in [1.807, 2.05) is 19.1 Å². The number of aromatic nitrogens is 1. The average Bonchev–Trinajstić information content (AvgIpc) is 2.43. The van der Waals surface area contributed by atoms with E-state index in [4.69, 9.17) is 10.5 Å². The predicted octanol–water partition coefficient (Wildman–Crippen LogP) is 2.86. The highest BCUT2D eigenvalue weighted by Crippen LogP contribution is 2.27. The number of esters is 1. The standard InChI is InChI=1S/C15H16N2O3/c1-9-12(16)5-4-6-13(9)20-14-8-7-11(10(2)17-14)15(18)19-3/h4-8H,16H2,1-3H3. The summed E-state index contributed by atoms with van der Waals surface area (Å²) < 4.78 is 10.4. The minimum Gasteiger partial charge on any atom is -0.465 e. The summed E-state index contributed by atoms with van der Waals surface area (Å²) in [4.78, 5) is 15.7. The molecule has 2 rings (SSSR count). The summed E-state index contributed by atoms with van der Waals surface area (Å²) in [6.45, 7) is 3.60. The van der Waals surface area contributed by atoms with Crippen molar-refractivity contribution in [1.29, 1.82) is 0 Å². The molecule has 0 unspecified atom stereocenters. The summed E-state index contributed by atoms with van der Waals surface area (Å²) in [6.07, 6.45) is 0. The van der Waals surface area contributed by atoms with Crippen molar-refractivity contribution in [2.45, 2.75) is 13.8 Å². The Morgan fingerprint density at radius 1 is 1.20 bits per heavy atom. The van der Waals surface area contributed by atoms with Gasteiger partial charge in [-0.05, 0) is 32.0 Å². The van der Waals surface area contributed by atoms with Gasteiger partial charge in [-0.2, -0.15) is 0 Å². The van der Waals surface area contributed by atoms with Gasteiger partial charge in [0.1, 0.15) is 5.75 Å². The van der Waals surface area contributed by atoms with Gasteiger partial charge in [-0.3, -0.25) is 0 Å². The molecule has 0 aliphatic carbocycles. The first-order valence-corrected chi connectivity index (χ1v) is 6.12. The largest absolute Gasteiger partial charge is 0.465 e. The number of nitrogens with two attached hydrogens (primary N) is 1. The van der Waals surface area contributed by atoms with Gasteiger partial charge in [0.25, 0.3) is 0 Å². The molecule has 1 aromatic heterocycles. The molecule has 0 fully saturated rings. The lowest BCUT2D eigenvalue weighted by Gasteiger charge is -2.11. The van der Waals surface area contributed by atoms with Crippen LogP contribution in [0.4, 0.5) is 5.69 Å². The van der Waals surface area contributed by atoms with Gasteiger partial charge in [0.05, 0.1) is 18.4 Å². The Labute approximate surface area is 117 Å². The second-order valence-electron chi connectivity index (χ2n) is 4.35. The minimum absolute atomic E-state index is 0.406. The van der Waals surface area contributed by atoms with Crippen LogP contribution in [0.25, 0.3) is 0 Å². The molecule has 5 nitrogen and oxygen atoms in total. The fourth-order valence-electron chi connectivity index (χ4n) is 1.78. The third-order valence-corrected chi connectivity index (χ3v) is 3.01. The van der Waals surface area contributed by atoms with Gasteiger partial charge in [0, 0.05) is 17.3 Å². The first-order valence-electron chi connectivity index (χ1n) is 6.12. The summed E-state index contributed by atoms with van der Waals surface area (Å²) in [6, 6.07) is 8.69. The number of nitrogens with zero attached hydrogens (tertiary/aromatic N) is 1. The van der Waals surface area contributed by atoms with Crippen LogP contribution in [0.15, 0.2) is 30.3 Å². The molecule has 20 heavy (non-hydrogen) atoms. The Bertz CT molecular complexity index is 654. The molecule has 0 saturated heterocycles. The van der Waals surface area contributed by atoms with Crippen molar-refractivity contribution >= 4 is 11.7 Å². The molecule has 1 aromatic carbocycles. The monoisotopic (exact) mass is 272 g/mol. The molecule has 0 saturated carbocycles. The van der Waals surface area contributed by atoms with E-state index in [9.17, 15) is 4.79 Å². The first kappa shape index (κ1) is 13.9. The SMILES string of the molecule is COC(=O)c1ccc(Oc2cccc(N)c2C)nc1C. The second-order valence-corrected chi connectivity index (χ2v) is 4.35. The fraction of sp³-hybridized carbons (Fsp3) is 0.200. The second kappa shape index (κ2) is 5.61. The zero-order chi connectivity index (χ0) is 14.7. The van der Waals surface area contributed by atoms with Crippen molar-refractivity contribution < 1.29 is 14.3 Å². The summed E-state index contributed by atoms with van der Waals surface area (Å²) in [5.74, 6) is 0.633. The third-order valence-electron chi connectivity index (χ3n) is 3.01. The highest BCUT2D eigenvalue weighted by atomic mass is 16.5. The number of methoxy groups -OCH3 is 1. The van der Waals surface area contributed by atoms with Crippen molar-refractivity contribution in [3.8, 4) is 11.6 Å². The number of nitrogen functional groups attached to an aromatic ring is 1. The van der Waals surface area contributed by atoms with Crippen LogP contribution in [0.2, 0.25) is 0 Å². The van der Waals surface area contributed by atoms with Crippen LogP contribution in [-0.2, 0) is 4.74 Å². The number of benzene rings is 1. The normalized spacial score (nSPS) is 10.2. The fourth-order valence-corrected chi connectivity index (χ4v) is 1.78. The maximum absolute atomic E-state index is 11.5. The quantitative estimate of drug-likeness (QED) is 0.687. The van der Waals surface area contributed by atoms with E-state index in [-0.39, 0.29) is 0 Å². The number of carbonyl (C=O) groups is 1. The Morgan fingerprint density at radius 3 is 2.60 bits per heavy atom. The van der Waals surface area contributed by atoms with Crippen LogP contribution >= 0.6 is 0 Å². The zero-order valence-corrected chi connectivity index (χ0v) is 11.6. The molecule has 0 atom stereocenters. The van der Waals surface area contributed by atoms with E-state index in [0.717, 1.165) is 5.56 Å². The van der Waals surface area contributed by atoms with Crippen LogP contribution in [0, 0.1) is 13.8 Å². The van der Waals surface area contributed by atoms with E-state index in [0.29, 0.717) is 28.6 Å². The molecule has 2 aromatic rings. The van der Waals surface area contributed by atoms with Gasteiger partial charge >= 0.3 is 5.97 Å². The summed E-state index contributed by atoms with van der Waals surface area (Å²) in [5.41, 5.74) is 8.31. The van der Waals surface area contributed by atoms with Crippen LogP contribution in [0.5, 0.6) is 11.6 Å². The number of anilines is 1. The lowest BCUT2D eigenvalue weighted by atomic mass is 10.2. The number of rotatable bonds is 3. The van der Waals surface area contributed by atoms with E-state index >= 15 is 0 Å². The van der Waals surface area contributed by atoms with E-state index in [2.05, 4.69) is 9.72 Å². The molecule has 0 spiro atoms. The first-order chi connectivity index (χ1) is 9.52. The van der Waals surface area contributed by atoms with Crippen molar-refractivity contribution in [2.75, 3.05) is 12.8 Å². The Balaban J connectivity index is 2.29. The highest BCUT2D eigenvalue weighted by Gasteiger charge is 2.12. The summed E-state index contributed by atoms with van der Waals surface area (Å²) >= 11 is 0. The van der Waals surface area contributed by atoms with E-state index < -0.39 is 5.97 Å². The molecule has 0 amide bonds. The zero-order valence-electron chi connectivity index (χ0n) is 11.6. The van der Waals surface area contributed by atoms with Gasteiger partial charge < -0.3 is 15.2 Å². The Morgan fingerprint density at radius 2 is 1.95 bits per heavy atom. The van der Waals surface area contributed by atoms with E-state index in [1.165, 1.54) is 7.11 Å². The van der Waals surface area contributed by atoms with Gasteiger partial charge in [0.15, 0.2) is 0 Å². The average molecular weight is 272 g/mol. The van der Waals surface area contributed by atoms with Gasteiger partial charge in [-0.1, -0.05) is 6.07 Å². The Kier molecular flexibility index (Phi) is 3.89. The number of hydrogen-bond donors (Lipinski definition) is 1. The van der Waals surface area contributed by atoms with Gasteiger partial charge in [-0.25, -0.2) is 9.78 Å². The summed E-state index contributed by atoms with van der Waals surface area (Å²) in [7, 11) is 1.34. The van der Waals surface area contributed by atoms with Crippen molar-refractivity contribution in [3.63, 3.8) is 0 Å². The lowest BCUT2D eigenvalue weighted by Crippen LogP contribution is -2.05. The van der Waals surface area contributed by atoms with Crippen molar-refractivity contribution in [2.24, 2.45) is 0 Å². The smallest absolute Gasteiger partial charge is 0.339 e. The molecule has 104 valence electrons. The maximum Gasteiger partial charge on any atom is 0.339 e. The van der Waals surface area contributed by atoms with Crippen LogP contribution in [0.1, 0.15) is 21.6 Å². The number of carbonyl (C=O) groups excluding carboxylic acids is 1. The molecule has 1 heterocycles. The Hall–Kier alpha value is -2.56. The predicted molar refractivity (Wildman–Crippen MR) is 76.0 cm³/mol. The van der Waals surface area contributed by atoms with Crippen LogP contribution in [-0.4, -0.2) is 18.1 Å². The van der Waals surface area contributed by atoms with Gasteiger partial charge in [-0.15, -0.1) is 0 Å². The molecule has 0 aliphatic heterocycles. The molecule has 5 heteroatoms.